The highest BCUT2D eigenvalue weighted by molar-refractivity contribution is 6.31. The Morgan fingerprint density at radius 1 is 0.897 bits per heavy atom. The normalized spacial score (nSPS) is 10.9. The van der Waals surface area contributed by atoms with E-state index in [2.05, 4.69) is 28.4 Å². The molecule has 0 aliphatic carbocycles. The van der Waals surface area contributed by atoms with Gasteiger partial charge in [0, 0.05) is 11.5 Å². The molecule has 4 aromatic rings. The van der Waals surface area contributed by atoms with Crippen LogP contribution in [0.5, 0.6) is 11.5 Å². The molecule has 0 radical (unpaired) electrons. The topological polar surface area (TPSA) is 90.4 Å². The van der Waals surface area contributed by atoms with Gasteiger partial charge < -0.3 is 14.8 Å². The second-order valence-corrected chi connectivity index (χ2v) is 7.97. The minimum absolute atomic E-state index is 0.0462. The fourth-order valence-corrected chi connectivity index (χ4v) is 3.36. The summed E-state index contributed by atoms with van der Waals surface area (Å²) in [5.74, 6) is -2.13. The zero-order chi connectivity index (χ0) is 28.4. The average molecular weight is 546 g/mol. The van der Waals surface area contributed by atoms with Gasteiger partial charge in [0.05, 0.1) is 27.4 Å². The van der Waals surface area contributed by atoms with Crippen molar-refractivity contribution in [2.45, 2.75) is 13.8 Å². The number of esters is 2. The molecule has 1 N–H and O–H groups in total. The molecule has 0 saturated carbocycles. The molecule has 0 spiro atoms. The second-order valence-electron chi connectivity index (χ2n) is 7.51. The third kappa shape index (κ3) is 7.15. The largest absolute Gasteiger partial charge is 0.419 e. The van der Waals surface area contributed by atoms with Crippen molar-refractivity contribution in [3.8, 4) is 11.5 Å². The number of aromatic nitrogens is 2. The first-order valence-electron chi connectivity index (χ1n) is 11.8. The summed E-state index contributed by atoms with van der Waals surface area (Å²) >= 11 is 5.69. The van der Waals surface area contributed by atoms with E-state index in [1.54, 1.807) is 60.7 Å². The van der Waals surface area contributed by atoms with Crippen LogP contribution < -0.4 is 14.8 Å². The molecule has 0 unspecified atom stereocenters. The van der Waals surface area contributed by atoms with Gasteiger partial charge in [-0.1, -0.05) is 75.0 Å². The van der Waals surface area contributed by atoms with Crippen LogP contribution in [-0.2, 0) is 0 Å². The fraction of sp³-hybridized carbons (Fsp3) is 0.0667. The Morgan fingerprint density at radius 3 is 1.90 bits per heavy atom. The van der Waals surface area contributed by atoms with Crippen LogP contribution in [-0.4, -0.2) is 21.9 Å². The fourth-order valence-electron chi connectivity index (χ4n) is 3.26. The van der Waals surface area contributed by atoms with Gasteiger partial charge in [0.1, 0.15) is 12.1 Å². The molecule has 0 saturated heterocycles. The lowest BCUT2D eigenvalue weighted by atomic mass is 10.2. The van der Waals surface area contributed by atoms with E-state index in [0.717, 1.165) is 0 Å². The Labute approximate surface area is 230 Å². The number of carbonyl (C=O) groups excluding carboxylic acids is 2. The minimum Gasteiger partial charge on any atom is -0.419 e. The number of ether oxygens (including phenoxy) is 2. The van der Waals surface area contributed by atoms with Gasteiger partial charge in [-0.3, -0.25) is 0 Å². The maximum atomic E-state index is 14.4. The number of carbonyl (C=O) groups is 2. The van der Waals surface area contributed by atoms with E-state index in [-0.39, 0.29) is 33.6 Å². The molecule has 0 atom stereocenters. The lowest BCUT2D eigenvalue weighted by Gasteiger charge is -2.14. The number of hydrogen-bond donors (Lipinski definition) is 1. The quantitative estimate of drug-likeness (QED) is 0.138. The third-order valence-electron chi connectivity index (χ3n) is 5.06. The highest BCUT2D eigenvalue weighted by Gasteiger charge is 2.20. The molecule has 0 amide bonds. The standard InChI is InChI=1S/C28H19ClFN3O4.C2H6/c1-3-21(25(30)17(2)29)33-26-20-14-23(36-27(34)18-10-6-4-7-11-18)24(15-22(20)31-16-32-26)37-28(35)19-12-8-5-9-13-19;1-2/h3-16H,1-2H2,(H,31,32,33);1-2H3/b25-21-;. The van der Waals surface area contributed by atoms with E-state index in [9.17, 15) is 14.0 Å². The molecule has 0 aliphatic rings. The van der Waals surface area contributed by atoms with Crippen LogP contribution in [0, 0.1) is 0 Å². The second kappa shape index (κ2) is 13.6. The summed E-state index contributed by atoms with van der Waals surface area (Å²) in [6.45, 7) is 11.0. The van der Waals surface area contributed by atoms with E-state index < -0.39 is 17.8 Å². The molecule has 39 heavy (non-hydrogen) atoms. The van der Waals surface area contributed by atoms with E-state index in [1.165, 1.54) is 24.5 Å². The molecule has 3 aromatic carbocycles. The highest BCUT2D eigenvalue weighted by Crippen LogP contribution is 2.36. The Morgan fingerprint density at radius 2 is 1.41 bits per heavy atom. The number of nitrogens with one attached hydrogen (secondary N) is 1. The van der Waals surface area contributed by atoms with Gasteiger partial charge in [-0.15, -0.1) is 0 Å². The van der Waals surface area contributed by atoms with Gasteiger partial charge in [0.25, 0.3) is 0 Å². The van der Waals surface area contributed by atoms with Crippen LogP contribution in [0.4, 0.5) is 10.2 Å². The zero-order valence-corrected chi connectivity index (χ0v) is 22.0. The van der Waals surface area contributed by atoms with Crippen molar-refractivity contribution in [2.24, 2.45) is 0 Å². The first-order chi connectivity index (χ1) is 18.9. The number of nitrogens with zero attached hydrogens (tertiary/aromatic N) is 2. The lowest BCUT2D eigenvalue weighted by Crippen LogP contribution is -2.13. The maximum Gasteiger partial charge on any atom is 0.343 e. The van der Waals surface area contributed by atoms with Gasteiger partial charge in [0.15, 0.2) is 17.3 Å². The van der Waals surface area contributed by atoms with Crippen LogP contribution in [0.25, 0.3) is 10.9 Å². The van der Waals surface area contributed by atoms with Crippen molar-refractivity contribution in [1.82, 2.24) is 9.97 Å². The number of halogens is 2. The number of allylic oxidation sites excluding steroid dienone is 3. The molecule has 9 heteroatoms. The van der Waals surface area contributed by atoms with E-state index in [4.69, 9.17) is 21.1 Å². The predicted molar refractivity (Wildman–Crippen MR) is 151 cm³/mol. The lowest BCUT2D eigenvalue weighted by molar-refractivity contribution is 0.0683. The Kier molecular flexibility index (Phi) is 10.1. The molecule has 1 heterocycles. The van der Waals surface area contributed by atoms with Crippen molar-refractivity contribution in [3.05, 3.63) is 126 Å². The van der Waals surface area contributed by atoms with Gasteiger partial charge in [0.2, 0.25) is 0 Å². The minimum atomic E-state index is -0.826. The molecule has 7 nitrogen and oxygen atoms in total. The van der Waals surface area contributed by atoms with Crippen molar-refractivity contribution < 1.29 is 23.5 Å². The van der Waals surface area contributed by atoms with Crippen molar-refractivity contribution in [1.29, 1.82) is 0 Å². The first kappa shape index (κ1) is 28.7. The molecular weight excluding hydrogens is 521 g/mol. The Bertz CT molecular complexity index is 1540. The molecule has 0 fully saturated rings. The maximum absolute atomic E-state index is 14.4. The number of anilines is 1. The molecule has 0 bridgehead atoms. The highest BCUT2D eigenvalue weighted by atomic mass is 35.5. The van der Waals surface area contributed by atoms with Gasteiger partial charge in [-0.2, -0.15) is 0 Å². The summed E-state index contributed by atoms with van der Waals surface area (Å²) in [7, 11) is 0. The van der Waals surface area contributed by atoms with Gasteiger partial charge in [-0.25, -0.2) is 23.9 Å². The van der Waals surface area contributed by atoms with Crippen LogP contribution in [0.15, 0.2) is 115 Å². The molecule has 0 aliphatic heterocycles. The summed E-state index contributed by atoms with van der Waals surface area (Å²) in [5.41, 5.74) is 0.819. The molecular formula is C30H25ClFN3O4. The summed E-state index contributed by atoms with van der Waals surface area (Å²) in [4.78, 5) is 34.0. The number of hydrogen-bond acceptors (Lipinski definition) is 7. The molecule has 1 aromatic heterocycles. The summed E-state index contributed by atoms with van der Waals surface area (Å²) in [5, 5.41) is 2.81. The average Bonchev–Trinajstić information content (AvgIpc) is 2.97. The number of fused-ring (bicyclic) bond motifs is 1. The summed E-state index contributed by atoms with van der Waals surface area (Å²) in [6, 6.07) is 19.5. The molecule has 4 rings (SSSR count). The predicted octanol–water partition coefficient (Wildman–Crippen LogP) is 7.63. The van der Waals surface area contributed by atoms with E-state index >= 15 is 0 Å². The third-order valence-corrected chi connectivity index (χ3v) is 5.22. The number of rotatable bonds is 8. The number of benzene rings is 3. The van der Waals surface area contributed by atoms with Crippen LogP contribution in [0.2, 0.25) is 0 Å². The summed E-state index contributed by atoms with van der Waals surface area (Å²) in [6.07, 6.45) is 2.44. The monoisotopic (exact) mass is 545 g/mol. The first-order valence-corrected chi connectivity index (χ1v) is 12.2. The van der Waals surface area contributed by atoms with Crippen LogP contribution in [0.3, 0.4) is 0 Å². The zero-order valence-electron chi connectivity index (χ0n) is 21.3. The Balaban J connectivity index is 0.00000205. The van der Waals surface area contributed by atoms with Crippen LogP contribution >= 0.6 is 11.6 Å². The van der Waals surface area contributed by atoms with E-state index in [1.807, 2.05) is 13.8 Å². The van der Waals surface area contributed by atoms with Crippen LogP contribution in [0.1, 0.15) is 34.6 Å². The van der Waals surface area contributed by atoms with E-state index in [0.29, 0.717) is 16.5 Å². The van der Waals surface area contributed by atoms with Crippen molar-refractivity contribution >= 4 is 40.3 Å². The van der Waals surface area contributed by atoms with Gasteiger partial charge >= 0.3 is 11.9 Å². The van der Waals surface area contributed by atoms with Crippen molar-refractivity contribution in [2.75, 3.05) is 5.32 Å². The molecule has 198 valence electrons. The smallest absolute Gasteiger partial charge is 0.343 e. The van der Waals surface area contributed by atoms with Crippen molar-refractivity contribution in [3.63, 3.8) is 0 Å². The Hall–Kier alpha value is -4.82. The summed E-state index contributed by atoms with van der Waals surface area (Å²) < 4.78 is 25.6. The van der Waals surface area contributed by atoms with Gasteiger partial charge in [-0.05, 0) is 36.4 Å². The SMILES string of the molecule is C=C/C(Nc1ncnc2cc(OC(=O)c3ccccc3)c(OC(=O)c3ccccc3)cc12)=C(/F)C(=C)Cl.CC.